The summed E-state index contributed by atoms with van der Waals surface area (Å²) in [5.41, 5.74) is -0.336. The van der Waals surface area contributed by atoms with Crippen LogP contribution in [0.15, 0.2) is 12.3 Å². The lowest BCUT2D eigenvalue weighted by atomic mass is 10.2. The molecule has 2 rings (SSSR count). The zero-order valence-corrected chi connectivity index (χ0v) is 8.21. The molecule has 1 heterocycles. The van der Waals surface area contributed by atoms with Gasteiger partial charge in [-0.05, 0) is 12.8 Å². The summed E-state index contributed by atoms with van der Waals surface area (Å²) in [6.45, 7) is 0. The molecule has 1 saturated carbocycles. The largest absolute Gasteiger partial charge is 0.489 e. The van der Waals surface area contributed by atoms with Crippen molar-refractivity contribution in [1.29, 1.82) is 0 Å². The second kappa shape index (κ2) is 3.80. The van der Waals surface area contributed by atoms with Gasteiger partial charge >= 0.3 is 11.9 Å². The number of carbonyl (C=O) groups is 2. The number of hydrogen-bond acceptors (Lipinski definition) is 4. The summed E-state index contributed by atoms with van der Waals surface area (Å²) < 4.78 is 5.32. The summed E-state index contributed by atoms with van der Waals surface area (Å²) in [7, 11) is 0. The van der Waals surface area contributed by atoms with E-state index in [0.717, 1.165) is 25.1 Å². The standard InChI is InChI=1S/C10H9NO5/c12-9(13)6-4-11-7(10(14)15)3-8(6)16-5-1-2-5/h3-5H,1-2H2,(H,12,13)(H,14,15). The number of rotatable bonds is 4. The predicted molar refractivity (Wildman–Crippen MR) is 51.8 cm³/mol. The van der Waals surface area contributed by atoms with E-state index in [9.17, 15) is 9.59 Å². The van der Waals surface area contributed by atoms with Crippen molar-refractivity contribution in [3.8, 4) is 5.75 Å². The Kier molecular flexibility index (Phi) is 2.47. The topological polar surface area (TPSA) is 96.7 Å². The van der Waals surface area contributed by atoms with E-state index in [0.29, 0.717) is 0 Å². The van der Waals surface area contributed by atoms with Crippen LogP contribution in [0, 0.1) is 0 Å². The molecule has 1 aromatic heterocycles. The van der Waals surface area contributed by atoms with Crippen LogP contribution in [-0.4, -0.2) is 33.2 Å². The Morgan fingerprint density at radius 1 is 1.31 bits per heavy atom. The minimum atomic E-state index is -1.21. The summed E-state index contributed by atoms with van der Waals surface area (Å²) in [5.74, 6) is -2.32. The van der Waals surface area contributed by atoms with Gasteiger partial charge in [-0.2, -0.15) is 0 Å². The van der Waals surface area contributed by atoms with Crippen molar-refractivity contribution in [3.63, 3.8) is 0 Å². The lowest BCUT2D eigenvalue weighted by molar-refractivity contribution is 0.0671. The molecule has 0 bridgehead atoms. The molecular weight excluding hydrogens is 214 g/mol. The Labute approximate surface area is 90.5 Å². The van der Waals surface area contributed by atoms with E-state index in [2.05, 4.69) is 4.98 Å². The van der Waals surface area contributed by atoms with Gasteiger partial charge in [0.1, 0.15) is 11.3 Å². The van der Waals surface area contributed by atoms with Crippen LogP contribution in [0.2, 0.25) is 0 Å². The monoisotopic (exact) mass is 223 g/mol. The van der Waals surface area contributed by atoms with Crippen LogP contribution in [0.3, 0.4) is 0 Å². The summed E-state index contributed by atoms with van der Waals surface area (Å²) in [6.07, 6.45) is 2.74. The third-order valence-corrected chi connectivity index (χ3v) is 2.13. The van der Waals surface area contributed by atoms with E-state index >= 15 is 0 Å². The molecule has 2 N–H and O–H groups in total. The Morgan fingerprint density at radius 3 is 2.50 bits per heavy atom. The molecule has 0 saturated heterocycles. The van der Waals surface area contributed by atoms with Crippen molar-refractivity contribution in [2.45, 2.75) is 18.9 Å². The molecule has 16 heavy (non-hydrogen) atoms. The maximum absolute atomic E-state index is 10.8. The highest BCUT2D eigenvalue weighted by atomic mass is 16.5. The smallest absolute Gasteiger partial charge is 0.354 e. The van der Waals surface area contributed by atoms with Crippen molar-refractivity contribution in [3.05, 3.63) is 23.5 Å². The Hall–Kier alpha value is -2.11. The van der Waals surface area contributed by atoms with Gasteiger partial charge in [0.2, 0.25) is 0 Å². The lowest BCUT2D eigenvalue weighted by Gasteiger charge is -2.07. The summed E-state index contributed by atoms with van der Waals surface area (Å²) in [4.78, 5) is 25.0. The number of nitrogens with zero attached hydrogens (tertiary/aromatic N) is 1. The van der Waals surface area contributed by atoms with Gasteiger partial charge < -0.3 is 14.9 Å². The highest BCUT2D eigenvalue weighted by molar-refractivity contribution is 5.93. The second-order valence-electron chi connectivity index (χ2n) is 3.49. The first-order chi connectivity index (χ1) is 7.58. The first-order valence-corrected chi connectivity index (χ1v) is 4.71. The Balaban J connectivity index is 2.37. The Bertz CT molecular complexity index is 453. The third-order valence-electron chi connectivity index (χ3n) is 2.13. The number of carboxylic acid groups (broad SMARTS) is 2. The average Bonchev–Trinajstić information content (AvgIpc) is 3.01. The van der Waals surface area contributed by atoms with Crippen molar-refractivity contribution < 1.29 is 24.5 Å². The van der Waals surface area contributed by atoms with E-state index in [4.69, 9.17) is 14.9 Å². The summed E-state index contributed by atoms with van der Waals surface area (Å²) >= 11 is 0. The van der Waals surface area contributed by atoms with Crippen LogP contribution in [0.4, 0.5) is 0 Å². The van der Waals surface area contributed by atoms with E-state index < -0.39 is 11.9 Å². The SMILES string of the molecule is O=C(O)c1cc(OC2CC2)c(C(=O)O)cn1. The van der Waals surface area contributed by atoms with E-state index in [-0.39, 0.29) is 23.1 Å². The molecule has 6 nitrogen and oxygen atoms in total. The van der Waals surface area contributed by atoms with Gasteiger partial charge in [-0.25, -0.2) is 14.6 Å². The van der Waals surface area contributed by atoms with E-state index in [1.165, 1.54) is 0 Å². The number of hydrogen-bond donors (Lipinski definition) is 2. The molecule has 0 unspecified atom stereocenters. The minimum Gasteiger partial charge on any atom is -0.489 e. The normalized spacial score (nSPS) is 14.5. The molecule has 0 aliphatic heterocycles. The number of aromatic carboxylic acids is 2. The molecule has 0 aromatic carbocycles. The van der Waals surface area contributed by atoms with Crippen molar-refractivity contribution in [2.75, 3.05) is 0 Å². The minimum absolute atomic E-state index is 0.00199. The fourth-order valence-electron chi connectivity index (χ4n) is 1.18. The fraction of sp³-hybridized carbons (Fsp3) is 0.300. The highest BCUT2D eigenvalue weighted by Gasteiger charge is 2.26. The quantitative estimate of drug-likeness (QED) is 0.790. The van der Waals surface area contributed by atoms with Gasteiger partial charge in [0.15, 0.2) is 5.69 Å². The van der Waals surface area contributed by atoms with Gasteiger partial charge in [-0.3, -0.25) is 0 Å². The van der Waals surface area contributed by atoms with Crippen LogP contribution >= 0.6 is 0 Å². The van der Waals surface area contributed by atoms with Gasteiger partial charge in [0.25, 0.3) is 0 Å². The van der Waals surface area contributed by atoms with Crippen LogP contribution < -0.4 is 4.74 Å². The summed E-state index contributed by atoms with van der Waals surface area (Å²) in [6, 6.07) is 1.14. The average molecular weight is 223 g/mol. The van der Waals surface area contributed by atoms with Gasteiger partial charge in [0, 0.05) is 12.3 Å². The zero-order valence-electron chi connectivity index (χ0n) is 8.21. The molecule has 6 heteroatoms. The molecule has 0 amide bonds. The van der Waals surface area contributed by atoms with Crippen LogP contribution in [-0.2, 0) is 0 Å². The van der Waals surface area contributed by atoms with Crippen molar-refractivity contribution in [2.24, 2.45) is 0 Å². The first kappa shape index (κ1) is 10.4. The molecule has 1 fully saturated rings. The van der Waals surface area contributed by atoms with Gasteiger partial charge in [0.05, 0.1) is 6.10 Å². The maximum atomic E-state index is 10.8. The summed E-state index contributed by atoms with van der Waals surface area (Å²) in [5, 5.41) is 17.6. The molecule has 0 atom stereocenters. The first-order valence-electron chi connectivity index (χ1n) is 4.71. The van der Waals surface area contributed by atoms with Crippen LogP contribution in [0.25, 0.3) is 0 Å². The highest BCUT2D eigenvalue weighted by Crippen LogP contribution is 2.29. The van der Waals surface area contributed by atoms with E-state index in [1.807, 2.05) is 0 Å². The van der Waals surface area contributed by atoms with Crippen LogP contribution in [0.1, 0.15) is 33.7 Å². The second-order valence-corrected chi connectivity index (χ2v) is 3.49. The number of ether oxygens (including phenoxy) is 1. The maximum Gasteiger partial charge on any atom is 0.354 e. The molecule has 84 valence electrons. The van der Waals surface area contributed by atoms with Crippen molar-refractivity contribution >= 4 is 11.9 Å². The fourth-order valence-corrected chi connectivity index (χ4v) is 1.18. The third kappa shape index (κ3) is 2.10. The lowest BCUT2D eigenvalue weighted by Crippen LogP contribution is -2.08. The van der Waals surface area contributed by atoms with Crippen LogP contribution in [0.5, 0.6) is 5.75 Å². The Morgan fingerprint density at radius 2 is 2.00 bits per heavy atom. The molecule has 0 spiro atoms. The van der Waals surface area contributed by atoms with E-state index in [1.54, 1.807) is 0 Å². The molecule has 0 radical (unpaired) electrons. The number of aromatic nitrogens is 1. The van der Waals surface area contributed by atoms with Gasteiger partial charge in [-0.15, -0.1) is 0 Å². The zero-order chi connectivity index (χ0) is 11.7. The molecule has 1 aliphatic carbocycles. The molecule has 1 aliphatic rings. The van der Waals surface area contributed by atoms with Crippen molar-refractivity contribution in [1.82, 2.24) is 4.98 Å². The number of pyridine rings is 1. The molecular formula is C10H9NO5. The van der Waals surface area contributed by atoms with Gasteiger partial charge in [-0.1, -0.05) is 0 Å². The molecule has 1 aromatic rings. The number of carboxylic acids is 2. The predicted octanol–water partition coefficient (Wildman–Crippen LogP) is 1.02.